The Balaban J connectivity index is 1.76. The molecule has 1 aromatic heterocycles. The van der Waals surface area contributed by atoms with Gasteiger partial charge in [-0.15, -0.1) is 0 Å². The van der Waals surface area contributed by atoms with Crippen molar-refractivity contribution >= 4 is 5.91 Å². The molecule has 0 radical (unpaired) electrons. The minimum atomic E-state index is 0.0936. The third-order valence-electron chi connectivity index (χ3n) is 3.39. The molecule has 98 valence electrons. The molecule has 2 heterocycles. The normalized spacial score (nSPS) is 20.0. The van der Waals surface area contributed by atoms with Gasteiger partial charge in [0.15, 0.2) is 0 Å². The first-order chi connectivity index (χ1) is 8.65. The van der Waals surface area contributed by atoms with Gasteiger partial charge in [0.05, 0.1) is 24.1 Å². The number of aromatic nitrogens is 2. The van der Waals surface area contributed by atoms with Crippen LogP contribution in [0.5, 0.6) is 0 Å². The predicted molar refractivity (Wildman–Crippen MR) is 68.9 cm³/mol. The molecule has 1 saturated heterocycles. The monoisotopic (exact) mass is 248 g/mol. The molecular formula is C13H20N4O. The van der Waals surface area contributed by atoms with Crippen LogP contribution in [0.3, 0.4) is 0 Å². The molecule has 0 aliphatic carbocycles. The number of nitrogens with zero attached hydrogens (tertiary/aromatic N) is 3. The van der Waals surface area contributed by atoms with E-state index in [4.69, 9.17) is 0 Å². The fourth-order valence-corrected chi connectivity index (χ4v) is 2.22. The van der Waals surface area contributed by atoms with E-state index < -0.39 is 0 Å². The summed E-state index contributed by atoms with van der Waals surface area (Å²) < 4.78 is 0. The van der Waals surface area contributed by atoms with Crippen molar-refractivity contribution < 1.29 is 4.79 Å². The van der Waals surface area contributed by atoms with Crippen molar-refractivity contribution in [1.29, 1.82) is 0 Å². The van der Waals surface area contributed by atoms with Crippen LogP contribution < -0.4 is 5.32 Å². The van der Waals surface area contributed by atoms with E-state index in [1.165, 1.54) is 6.42 Å². The maximum Gasteiger partial charge on any atom is 0.221 e. The molecule has 1 amide bonds. The summed E-state index contributed by atoms with van der Waals surface area (Å²) in [7, 11) is 2.08. The second-order valence-corrected chi connectivity index (χ2v) is 4.91. The van der Waals surface area contributed by atoms with Gasteiger partial charge < -0.3 is 10.2 Å². The number of hydrogen-bond acceptors (Lipinski definition) is 4. The van der Waals surface area contributed by atoms with Crippen LogP contribution >= 0.6 is 0 Å². The number of carbonyl (C=O) groups is 1. The zero-order valence-corrected chi connectivity index (χ0v) is 11.0. The molecule has 1 aliphatic rings. The van der Waals surface area contributed by atoms with E-state index in [-0.39, 0.29) is 5.91 Å². The topological polar surface area (TPSA) is 58.1 Å². The van der Waals surface area contributed by atoms with E-state index in [0.717, 1.165) is 24.4 Å². The van der Waals surface area contributed by atoms with Crippen LogP contribution in [-0.4, -0.2) is 40.4 Å². The lowest BCUT2D eigenvalue weighted by Crippen LogP contribution is -2.33. The van der Waals surface area contributed by atoms with Crippen LogP contribution in [0, 0.1) is 6.92 Å². The highest BCUT2D eigenvalue weighted by molar-refractivity contribution is 5.76. The minimum Gasteiger partial charge on any atom is -0.350 e. The molecular weight excluding hydrogens is 228 g/mol. The van der Waals surface area contributed by atoms with Gasteiger partial charge in [0.25, 0.3) is 0 Å². The Labute approximate surface area is 108 Å². The van der Waals surface area contributed by atoms with Crippen molar-refractivity contribution in [3.05, 3.63) is 23.8 Å². The summed E-state index contributed by atoms with van der Waals surface area (Å²) in [5, 5.41) is 2.90. The summed E-state index contributed by atoms with van der Waals surface area (Å²) in [5.74, 6) is 0.0936. The largest absolute Gasteiger partial charge is 0.350 e. The minimum absolute atomic E-state index is 0.0936. The Morgan fingerprint density at radius 3 is 2.94 bits per heavy atom. The molecule has 0 bridgehead atoms. The van der Waals surface area contributed by atoms with Crippen LogP contribution in [0.4, 0.5) is 0 Å². The van der Waals surface area contributed by atoms with Crippen LogP contribution in [0.15, 0.2) is 12.4 Å². The van der Waals surface area contributed by atoms with Gasteiger partial charge in [-0.1, -0.05) is 0 Å². The maximum atomic E-state index is 11.8. The van der Waals surface area contributed by atoms with Crippen molar-refractivity contribution in [2.75, 3.05) is 13.6 Å². The smallest absolute Gasteiger partial charge is 0.221 e. The highest BCUT2D eigenvalue weighted by atomic mass is 16.1. The number of hydrogen-bond donors (Lipinski definition) is 1. The second-order valence-electron chi connectivity index (χ2n) is 4.91. The van der Waals surface area contributed by atoms with Crippen molar-refractivity contribution in [3.63, 3.8) is 0 Å². The van der Waals surface area contributed by atoms with Gasteiger partial charge in [-0.25, -0.2) is 0 Å². The van der Waals surface area contributed by atoms with Crippen LogP contribution in [0.25, 0.3) is 0 Å². The fourth-order valence-electron chi connectivity index (χ4n) is 2.22. The lowest BCUT2D eigenvalue weighted by molar-refractivity contribution is -0.122. The zero-order chi connectivity index (χ0) is 13.0. The molecule has 1 fully saturated rings. The van der Waals surface area contributed by atoms with Gasteiger partial charge >= 0.3 is 0 Å². The van der Waals surface area contributed by atoms with Crippen molar-refractivity contribution in [2.45, 2.75) is 38.8 Å². The van der Waals surface area contributed by atoms with E-state index in [2.05, 4.69) is 27.2 Å². The van der Waals surface area contributed by atoms with Crippen LogP contribution in [0.1, 0.15) is 30.7 Å². The first-order valence-corrected chi connectivity index (χ1v) is 6.39. The highest BCUT2D eigenvalue weighted by Crippen LogP contribution is 2.17. The average molecular weight is 248 g/mol. The first-order valence-electron chi connectivity index (χ1n) is 6.39. The second kappa shape index (κ2) is 5.91. The van der Waals surface area contributed by atoms with E-state index in [9.17, 15) is 4.79 Å². The lowest BCUT2D eigenvalue weighted by atomic mass is 10.1. The molecule has 0 aromatic carbocycles. The molecule has 2 rings (SSSR count). The Hall–Kier alpha value is -1.49. The van der Waals surface area contributed by atoms with E-state index >= 15 is 0 Å². The zero-order valence-electron chi connectivity index (χ0n) is 11.0. The van der Waals surface area contributed by atoms with Gasteiger partial charge in [-0.3, -0.25) is 14.8 Å². The van der Waals surface area contributed by atoms with Crippen molar-refractivity contribution in [2.24, 2.45) is 0 Å². The van der Waals surface area contributed by atoms with Gasteiger partial charge in [0.1, 0.15) is 0 Å². The number of amides is 1. The van der Waals surface area contributed by atoms with Gasteiger partial charge in [-0.2, -0.15) is 0 Å². The molecule has 1 aliphatic heterocycles. The summed E-state index contributed by atoms with van der Waals surface area (Å²) >= 11 is 0. The fraction of sp³-hybridized carbons (Fsp3) is 0.615. The molecule has 1 atom stereocenters. The van der Waals surface area contributed by atoms with Crippen molar-refractivity contribution in [3.8, 4) is 0 Å². The molecule has 0 saturated carbocycles. The first kappa shape index (κ1) is 13.0. The third kappa shape index (κ3) is 3.50. The summed E-state index contributed by atoms with van der Waals surface area (Å²) in [6.07, 6.45) is 6.31. The number of likely N-dealkylation sites (tertiary alicyclic amines) is 1. The van der Waals surface area contributed by atoms with E-state index in [1.807, 2.05) is 6.92 Å². The van der Waals surface area contributed by atoms with Gasteiger partial charge in [-0.05, 0) is 33.4 Å². The predicted octanol–water partition coefficient (Wildman–Crippen LogP) is 0.886. The Bertz CT molecular complexity index is 404. The van der Waals surface area contributed by atoms with Gasteiger partial charge in [0.2, 0.25) is 5.91 Å². The summed E-state index contributed by atoms with van der Waals surface area (Å²) in [6.45, 7) is 3.45. The van der Waals surface area contributed by atoms with E-state index in [0.29, 0.717) is 19.0 Å². The molecule has 5 nitrogen and oxygen atoms in total. The molecule has 18 heavy (non-hydrogen) atoms. The average Bonchev–Trinajstić information content (AvgIpc) is 2.74. The Morgan fingerprint density at radius 2 is 2.33 bits per heavy atom. The number of nitrogens with one attached hydrogen (secondary N) is 1. The number of aryl methyl sites for hydroxylation is 1. The number of carbonyl (C=O) groups excluding carboxylic acids is 1. The quantitative estimate of drug-likeness (QED) is 0.859. The van der Waals surface area contributed by atoms with Gasteiger partial charge in [0, 0.05) is 18.7 Å². The summed E-state index contributed by atoms with van der Waals surface area (Å²) in [4.78, 5) is 22.4. The Morgan fingerprint density at radius 1 is 1.50 bits per heavy atom. The summed E-state index contributed by atoms with van der Waals surface area (Å²) in [6, 6.07) is 0.397. The SMILES string of the molecule is Cc1cnc(CNC(=O)C[C@H]2CCCN2C)cn1. The van der Waals surface area contributed by atoms with Crippen LogP contribution in [0.2, 0.25) is 0 Å². The maximum absolute atomic E-state index is 11.8. The third-order valence-corrected chi connectivity index (χ3v) is 3.39. The highest BCUT2D eigenvalue weighted by Gasteiger charge is 2.23. The standard InChI is InChI=1S/C13H20N4O/c1-10-7-15-11(8-14-10)9-16-13(18)6-12-4-3-5-17(12)2/h7-8,12H,3-6,9H2,1-2H3,(H,16,18)/t12-/m1/s1. The Kier molecular flexibility index (Phi) is 4.25. The van der Waals surface area contributed by atoms with E-state index in [1.54, 1.807) is 12.4 Å². The molecule has 1 N–H and O–H groups in total. The lowest BCUT2D eigenvalue weighted by Gasteiger charge is -2.18. The van der Waals surface area contributed by atoms with Crippen molar-refractivity contribution in [1.82, 2.24) is 20.2 Å². The molecule has 0 spiro atoms. The molecule has 5 heteroatoms. The molecule has 0 unspecified atom stereocenters. The summed E-state index contributed by atoms with van der Waals surface area (Å²) in [5.41, 5.74) is 1.69. The number of rotatable bonds is 4. The van der Waals surface area contributed by atoms with Crippen LogP contribution in [-0.2, 0) is 11.3 Å². The molecule has 1 aromatic rings.